The molecule has 24 heavy (non-hydrogen) atoms. The summed E-state index contributed by atoms with van der Waals surface area (Å²) in [6, 6.07) is 0. The molecule has 0 bridgehead atoms. The lowest BCUT2D eigenvalue weighted by molar-refractivity contribution is -0.212. The molecule has 0 aromatic heterocycles. The van der Waals surface area contributed by atoms with Crippen molar-refractivity contribution in [1.29, 1.82) is 0 Å². The normalized spacial score (nSPS) is 22.6. The molecule has 0 aromatic carbocycles. The molecule has 4 N–H and O–H groups in total. The third-order valence-corrected chi connectivity index (χ3v) is 6.37. The number of nitrogens with zero attached hydrogens (tertiary/aromatic N) is 2. The molecule has 4 atom stereocenters. The van der Waals surface area contributed by atoms with E-state index < -0.39 is 69.2 Å². The summed E-state index contributed by atoms with van der Waals surface area (Å²) in [4.78, 5) is 78.5. The molecule has 18 heteroatoms. The highest BCUT2D eigenvalue weighted by Crippen LogP contribution is 2.40. The first-order valence-corrected chi connectivity index (χ1v) is 12.6. The zero-order valence-electron chi connectivity index (χ0n) is 12.0. The minimum atomic E-state index is -5.28. The van der Waals surface area contributed by atoms with Gasteiger partial charge in [-0.25, -0.2) is 9.34 Å². The van der Waals surface area contributed by atoms with E-state index in [2.05, 4.69) is 0 Å². The zero-order chi connectivity index (χ0) is 19.4. The van der Waals surface area contributed by atoms with E-state index in [1.165, 1.54) is 0 Å². The topological polar surface area (TPSA) is 248 Å². The van der Waals surface area contributed by atoms with Crippen LogP contribution < -0.4 is 19.6 Å². The van der Waals surface area contributed by atoms with Gasteiger partial charge in [0.15, 0.2) is 0 Å². The summed E-state index contributed by atoms with van der Waals surface area (Å²) in [6.07, 6.45) is -2.14. The second-order valence-corrected chi connectivity index (χ2v) is 11.1. The molecule has 0 saturated carbocycles. The van der Waals surface area contributed by atoms with Gasteiger partial charge in [0.2, 0.25) is 15.5 Å². The quantitative estimate of drug-likeness (QED) is 0.225. The molecule has 0 aliphatic heterocycles. The fourth-order valence-electron chi connectivity index (χ4n) is 1.44. The van der Waals surface area contributed by atoms with Crippen molar-refractivity contribution >= 4 is 30.7 Å². The van der Waals surface area contributed by atoms with Crippen LogP contribution in [0.5, 0.6) is 0 Å². The molecule has 14 nitrogen and oxygen atoms in total. The SMILES string of the molecule is O=P([O-])(O)CCN(CCN(CCP(=O)([O-])O)P(=O)([O-])O)P(=O)([O-])O. The van der Waals surface area contributed by atoms with Gasteiger partial charge >= 0.3 is 0 Å². The van der Waals surface area contributed by atoms with Gasteiger partial charge in [-0.1, -0.05) is 0 Å². The molecule has 0 aliphatic rings. The smallest absolute Gasteiger partial charge is 0.204 e. The molecule has 0 spiro atoms. The maximum absolute atomic E-state index is 11.1. The molecule has 0 aliphatic carbocycles. The molecular formula is C6H16N2O12P4-4. The van der Waals surface area contributed by atoms with Crippen LogP contribution in [0.1, 0.15) is 0 Å². The van der Waals surface area contributed by atoms with Gasteiger partial charge in [-0.3, -0.25) is 9.13 Å². The molecule has 0 heterocycles. The highest BCUT2D eigenvalue weighted by molar-refractivity contribution is 7.51. The third-order valence-electron chi connectivity index (χ3n) is 2.61. The van der Waals surface area contributed by atoms with Crippen molar-refractivity contribution in [2.75, 3.05) is 38.5 Å². The van der Waals surface area contributed by atoms with E-state index >= 15 is 0 Å². The number of hydrogen-bond acceptors (Lipinski definition) is 8. The van der Waals surface area contributed by atoms with Crippen LogP contribution in [0.4, 0.5) is 0 Å². The van der Waals surface area contributed by atoms with Gasteiger partial charge in [0.25, 0.3) is 0 Å². The van der Waals surface area contributed by atoms with Crippen LogP contribution in [0, 0.1) is 0 Å². The first kappa shape index (κ1) is 24.5. The monoisotopic (exact) mass is 432 g/mol. The van der Waals surface area contributed by atoms with Crippen molar-refractivity contribution in [2.24, 2.45) is 0 Å². The minimum absolute atomic E-state index is 0.117. The highest BCUT2D eigenvalue weighted by Gasteiger charge is 2.23. The first-order chi connectivity index (χ1) is 10.4. The van der Waals surface area contributed by atoms with Gasteiger partial charge in [-0.05, 0) is 0 Å². The lowest BCUT2D eigenvalue weighted by Crippen LogP contribution is -2.39. The predicted octanol–water partition coefficient (Wildman–Crippen LogP) is -4.40. The average Bonchev–Trinajstić information content (AvgIpc) is 2.26. The summed E-state index contributed by atoms with van der Waals surface area (Å²) in [5, 5.41) is 0. The van der Waals surface area contributed by atoms with Crippen LogP contribution in [-0.4, -0.2) is 67.4 Å². The van der Waals surface area contributed by atoms with Crippen molar-refractivity contribution in [3.05, 3.63) is 0 Å². The Bertz CT molecular complexity index is 534. The molecule has 0 radical (unpaired) electrons. The minimum Gasteiger partial charge on any atom is -0.779 e. The summed E-state index contributed by atoms with van der Waals surface area (Å²) < 4.78 is 43.7. The molecule has 0 amide bonds. The second-order valence-electron chi connectivity index (χ2n) is 4.61. The molecule has 0 rings (SSSR count). The van der Waals surface area contributed by atoms with E-state index in [0.29, 0.717) is 0 Å². The highest BCUT2D eigenvalue weighted by atomic mass is 31.2. The van der Waals surface area contributed by atoms with Crippen molar-refractivity contribution < 1.29 is 57.4 Å². The van der Waals surface area contributed by atoms with E-state index in [-0.39, 0.29) is 9.34 Å². The largest absolute Gasteiger partial charge is 0.779 e. The summed E-state index contributed by atoms with van der Waals surface area (Å²) in [5.41, 5.74) is 0. The van der Waals surface area contributed by atoms with Gasteiger partial charge in [0, 0.05) is 38.5 Å². The van der Waals surface area contributed by atoms with Crippen molar-refractivity contribution in [3.63, 3.8) is 0 Å². The molecular weight excluding hydrogens is 416 g/mol. The van der Waals surface area contributed by atoms with Crippen LogP contribution in [0.15, 0.2) is 0 Å². The first-order valence-electron chi connectivity index (χ1n) is 6.06. The Morgan fingerprint density at radius 3 is 1.00 bits per heavy atom. The van der Waals surface area contributed by atoms with E-state index in [0.717, 1.165) is 0 Å². The molecule has 146 valence electrons. The second kappa shape index (κ2) is 8.94. The van der Waals surface area contributed by atoms with E-state index in [1.54, 1.807) is 0 Å². The van der Waals surface area contributed by atoms with E-state index in [1.807, 2.05) is 0 Å². The average molecular weight is 432 g/mol. The number of rotatable bonds is 11. The zero-order valence-corrected chi connectivity index (χ0v) is 15.6. The lowest BCUT2D eigenvalue weighted by Gasteiger charge is -2.37. The third kappa shape index (κ3) is 12.0. The van der Waals surface area contributed by atoms with Crippen LogP contribution >= 0.6 is 30.7 Å². The fourth-order valence-corrected chi connectivity index (χ4v) is 4.14. The Balaban J connectivity index is 4.98. The summed E-state index contributed by atoms with van der Waals surface area (Å²) >= 11 is 0. The van der Waals surface area contributed by atoms with E-state index in [4.69, 9.17) is 19.6 Å². The van der Waals surface area contributed by atoms with Crippen LogP contribution in [0.25, 0.3) is 0 Å². The maximum Gasteiger partial charge on any atom is 0.204 e. The van der Waals surface area contributed by atoms with E-state index in [9.17, 15) is 37.8 Å². The maximum atomic E-state index is 11.1. The summed E-state index contributed by atoms with van der Waals surface area (Å²) in [5.74, 6) is 0. The molecule has 0 aromatic rings. The van der Waals surface area contributed by atoms with Crippen molar-refractivity contribution in [1.82, 2.24) is 9.34 Å². The summed E-state index contributed by atoms with van der Waals surface area (Å²) in [6.45, 7) is -3.51. The Morgan fingerprint density at radius 2 is 0.833 bits per heavy atom. The van der Waals surface area contributed by atoms with Crippen LogP contribution in [0.3, 0.4) is 0 Å². The molecule has 0 saturated heterocycles. The molecule has 0 fully saturated rings. The number of hydrogen-bond donors (Lipinski definition) is 4. The van der Waals surface area contributed by atoms with Gasteiger partial charge in [-0.15, -0.1) is 0 Å². The molecule has 4 unspecified atom stereocenters. The van der Waals surface area contributed by atoms with Crippen molar-refractivity contribution in [2.45, 2.75) is 0 Å². The Hall–Kier alpha value is 0.520. The van der Waals surface area contributed by atoms with Crippen molar-refractivity contribution in [3.8, 4) is 0 Å². The van der Waals surface area contributed by atoms with Gasteiger partial charge in [-0.2, -0.15) is 0 Å². The van der Waals surface area contributed by atoms with Gasteiger partial charge < -0.3 is 48.3 Å². The van der Waals surface area contributed by atoms with Gasteiger partial charge in [0.05, 0.1) is 0 Å². The predicted molar refractivity (Wildman–Crippen MR) is 72.2 cm³/mol. The Labute approximate surface area is 136 Å². The summed E-state index contributed by atoms with van der Waals surface area (Å²) in [7, 11) is -20.3. The standard InChI is InChI=1S/C6H20N2O12P4/c9-21(10,11)5-3-7(23(15,16)17)1-2-8(24(18,19)20)4-6-22(12,13)14/h1-6H2,(H2,9,10,11)(H2,12,13,14)(H2,15,16,17)(H2,18,19,20)/p-4. The lowest BCUT2D eigenvalue weighted by atomic mass is 10.5. The fraction of sp³-hybridized carbons (Fsp3) is 1.00. The van der Waals surface area contributed by atoms with Crippen LogP contribution in [0.2, 0.25) is 0 Å². The Kier molecular flexibility index (Phi) is 9.14. The van der Waals surface area contributed by atoms with Crippen LogP contribution in [-0.2, 0) is 18.3 Å². The van der Waals surface area contributed by atoms with Gasteiger partial charge in [0.1, 0.15) is 15.2 Å². The Morgan fingerprint density at radius 1 is 0.583 bits per heavy atom.